The molecule has 1 aromatic rings. The molecule has 1 aromatic heterocycles. The molecule has 1 saturated heterocycles. The zero-order valence-corrected chi connectivity index (χ0v) is 11.1. The van der Waals surface area contributed by atoms with E-state index in [1.807, 2.05) is 6.20 Å². The number of hydrazine groups is 1. The first-order chi connectivity index (χ1) is 7.74. The van der Waals surface area contributed by atoms with E-state index >= 15 is 0 Å². The van der Waals surface area contributed by atoms with Crippen LogP contribution in [-0.4, -0.2) is 48.1 Å². The lowest BCUT2D eigenvalue weighted by Crippen LogP contribution is -2.50. The van der Waals surface area contributed by atoms with Crippen molar-refractivity contribution in [2.45, 2.75) is 6.54 Å². The van der Waals surface area contributed by atoms with Gasteiger partial charge in [-0.25, -0.2) is 5.01 Å². The zero-order chi connectivity index (χ0) is 11.4. The third-order valence-electron chi connectivity index (χ3n) is 2.77. The topological polar surface area (TPSA) is 31.4 Å². The molecular formula is C11H17BrN4. The Kier molecular flexibility index (Phi) is 4.29. The molecule has 1 N–H and O–H groups in total. The Bertz CT molecular complexity index is 337. The summed E-state index contributed by atoms with van der Waals surface area (Å²) in [5, 5.41) is 2.28. The second-order valence-corrected chi connectivity index (χ2v) is 5.05. The number of hydrogen-bond donors (Lipinski definition) is 1. The second-order valence-electron chi connectivity index (χ2n) is 4.14. The van der Waals surface area contributed by atoms with Crippen LogP contribution in [0.25, 0.3) is 0 Å². The lowest BCUT2D eigenvalue weighted by molar-refractivity contribution is 0.102. The minimum absolute atomic E-state index is 0.843. The van der Waals surface area contributed by atoms with Crippen molar-refractivity contribution in [1.82, 2.24) is 20.3 Å². The molecule has 2 heterocycles. The van der Waals surface area contributed by atoms with Gasteiger partial charge in [-0.15, -0.1) is 0 Å². The third-order valence-corrected chi connectivity index (χ3v) is 3.21. The molecule has 0 unspecified atom stereocenters. The maximum absolute atomic E-state index is 4.15. The molecule has 0 amide bonds. The first kappa shape index (κ1) is 12.0. The summed E-state index contributed by atoms with van der Waals surface area (Å²) in [4.78, 5) is 6.49. The Balaban J connectivity index is 1.79. The highest BCUT2D eigenvalue weighted by Gasteiger charge is 2.12. The van der Waals surface area contributed by atoms with E-state index in [4.69, 9.17) is 0 Å². The monoisotopic (exact) mass is 284 g/mol. The number of rotatable bonds is 3. The number of halogens is 1. The molecule has 5 heteroatoms. The summed E-state index contributed by atoms with van der Waals surface area (Å²) < 4.78 is 1.03. The van der Waals surface area contributed by atoms with E-state index in [-0.39, 0.29) is 0 Å². The van der Waals surface area contributed by atoms with Gasteiger partial charge in [-0.2, -0.15) is 0 Å². The summed E-state index contributed by atoms with van der Waals surface area (Å²) in [6, 6.07) is 2.09. The van der Waals surface area contributed by atoms with Crippen molar-refractivity contribution in [3.8, 4) is 0 Å². The molecule has 2 rings (SSSR count). The zero-order valence-electron chi connectivity index (χ0n) is 9.49. The Labute approximate surface area is 105 Å². The van der Waals surface area contributed by atoms with Gasteiger partial charge >= 0.3 is 0 Å². The number of piperazine rings is 1. The standard InChI is InChI=1S/C11H17BrN4/c1-15-2-4-16(5-3-15)14-8-10-6-11(12)9-13-7-10/h6-7,9,14H,2-5,8H2,1H3. The molecule has 1 fully saturated rings. The van der Waals surface area contributed by atoms with E-state index < -0.39 is 0 Å². The van der Waals surface area contributed by atoms with Crippen molar-refractivity contribution < 1.29 is 0 Å². The molecule has 0 saturated carbocycles. The minimum atomic E-state index is 0.843. The van der Waals surface area contributed by atoms with Crippen molar-refractivity contribution in [2.24, 2.45) is 0 Å². The number of likely N-dealkylation sites (N-methyl/N-ethyl adjacent to an activating group) is 1. The van der Waals surface area contributed by atoms with Crippen LogP contribution >= 0.6 is 15.9 Å². The SMILES string of the molecule is CN1CCN(NCc2cncc(Br)c2)CC1. The number of hydrogen-bond acceptors (Lipinski definition) is 4. The summed E-state index contributed by atoms with van der Waals surface area (Å²) >= 11 is 3.43. The van der Waals surface area contributed by atoms with Gasteiger partial charge in [0.05, 0.1) is 0 Å². The molecule has 88 valence electrons. The average molecular weight is 285 g/mol. The van der Waals surface area contributed by atoms with Gasteiger partial charge in [-0.1, -0.05) is 0 Å². The second kappa shape index (κ2) is 5.72. The van der Waals surface area contributed by atoms with Gasteiger partial charge in [0, 0.05) is 49.6 Å². The Morgan fingerprint density at radius 2 is 2.06 bits per heavy atom. The predicted molar refractivity (Wildman–Crippen MR) is 67.8 cm³/mol. The van der Waals surface area contributed by atoms with Crippen molar-refractivity contribution in [1.29, 1.82) is 0 Å². The van der Waals surface area contributed by atoms with E-state index in [1.54, 1.807) is 6.20 Å². The molecule has 0 spiro atoms. The molecule has 0 atom stereocenters. The van der Waals surface area contributed by atoms with Crippen molar-refractivity contribution in [3.63, 3.8) is 0 Å². The maximum atomic E-state index is 4.15. The van der Waals surface area contributed by atoms with Crippen LogP contribution in [0.2, 0.25) is 0 Å². The van der Waals surface area contributed by atoms with Crippen LogP contribution < -0.4 is 5.43 Å². The van der Waals surface area contributed by atoms with Crippen molar-refractivity contribution >= 4 is 15.9 Å². The normalized spacial score (nSPS) is 18.9. The first-order valence-electron chi connectivity index (χ1n) is 5.50. The van der Waals surface area contributed by atoms with Crippen molar-refractivity contribution in [2.75, 3.05) is 33.2 Å². The lowest BCUT2D eigenvalue weighted by atomic mass is 10.3. The summed E-state index contributed by atoms with van der Waals surface area (Å²) in [5.41, 5.74) is 4.63. The molecule has 1 aliphatic rings. The average Bonchev–Trinajstić information content (AvgIpc) is 2.28. The maximum Gasteiger partial charge on any atom is 0.0410 e. The summed E-state index contributed by atoms with van der Waals surface area (Å²) in [7, 11) is 2.16. The van der Waals surface area contributed by atoms with Gasteiger partial charge in [0.2, 0.25) is 0 Å². The summed E-state index contributed by atoms with van der Waals surface area (Å²) in [5.74, 6) is 0. The Morgan fingerprint density at radius 3 is 2.75 bits per heavy atom. The lowest BCUT2D eigenvalue weighted by Gasteiger charge is -2.32. The largest absolute Gasteiger partial charge is 0.304 e. The highest BCUT2D eigenvalue weighted by Crippen LogP contribution is 2.09. The quantitative estimate of drug-likeness (QED) is 0.901. The molecule has 0 radical (unpaired) electrons. The van der Waals surface area contributed by atoms with E-state index in [2.05, 4.69) is 49.4 Å². The summed E-state index contributed by atoms with van der Waals surface area (Å²) in [6.07, 6.45) is 3.70. The van der Waals surface area contributed by atoms with Gasteiger partial charge in [0.1, 0.15) is 0 Å². The van der Waals surface area contributed by atoms with Crippen LogP contribution in [0.4, 0.5) is 0 Å². The molecule has 0 aliphatic carbocycles. The fourth-order valence-corrected chi connectivity index (χ4v) is 2.13. The van der Waals surface area contributed by atoms with Crippen LogP contribution in [0.3, 0.4) is 0 Å². The molecule has 0 bridgehead atoms. The first-order valence-corrected chi connectivity index (χ1v) is 6.30. The molecule has 4 nitrogen and oxygen atoms in total. The number of aromatic nitrogens is 1. The third kappa shape index (κ3) is 3.52. The number of nitrogens with zero attached hydrogens (tertiary/aromatic N) is 3. The van der Waals surface area contributed by atoms with Crippen LogP contribution in [-0.2, 0) is 6.54 Å². The highest BCUT2D eigenvalue weighted by atomic mass is 79.9. The van der Waals surface area contributed by atoms with Crippen LogP contribution in [0, 0.1) is 0 Å². The van der Waals surface area contributed by atoms with Gasteiger partial charge in [-0.3, -0.25) is 10.4 Å². The van der Waals surface area contributed by atoms with Crippen LogP contribution in [0.5, 0.6) is 0 Å². The highest BCUT2D eigenvalue weighted by molar-refractivity contribution is 9.10. The summed E-state index contributed by atoms with van der Waals surface area (Å²) in [6.45, 7) is 5.26. The molecule has 0 aromatic carbocycles. The molecular weight excluding hydrogens is 268 g/mol. The van der Waals surface area contributed by atoms with Gasteiger partial charge in [-0.05, 0) is 34.6 Å². The van der Waals surface area contributed by atoms with Gasteiger partial charge in [0.15, 0.2) is 0 Å². The Morgan fingerprint density at radius 1 is 1.31 bits per heavy atom. The fraction of sp³-hybridized carbons (Fsp3) is 0.545. The Hall–Kier alpha value is -0.490. The van der Waals surface area contributed by atoms with Gasteiger partial charge < -0.3 is 4.90 Å². The number of nitrogens with one attached hydrogen (secondary N) is 1. The van der Waals surface area contributed by atoms with Crippen LogP contribution in [0.15, 0.2) is 22.9 Å². The number of pyridine rings is 1. The van der Waals surface area contributed by atoms with Crippen molar-refractivity contribution in [3.05, 3.63) is 28.5 Å². The van der Waals surface area contributed by atoms with Gasteiger partial charge in [0.25, 0.3) is 0 Å². The fourth-order valence-electron chi connectivity index (χ4n) is 1.72. The van der Waals surface area contributed by atoms with E-state index in [0.29, 0.717) is 0 Å². The molecule has 16 heavy (non-hydrogen) atoms. The minimum Gasteiger partial charge on any atom is -0.304 e. The van der Waals surface area contributed by atoms with Crippen LogP contribution in [0.1, 0.15) is 5.56 Å². The smallest absolute Gasteiger partial charge is 0.0410 e. The van der Waals surface area contributed by atoms with E-state index in [1.165, 1.54) is 5.56 Å². The van der Waals surface area contributed by atoms with E-state index in [9.17, 15) is 0 Å². The molecule has 1 aliphatic heterocycles. The van der Waals surface area contributed by atoms with E-state index in [0.717, 1.165) is 37.2 Å². The predicted octanol–water partition coefficient (Wildman–Crippen LogP) is 1.10.